The van der Waals surface area contributed by atoms with Gasteiger partial charge >= 0.3 is 0 Å². The van der Waals surface area contributed by atoms with Gasteiger partial charge in [-0.1, -0.05) is 40.2 Å². The second-order valence-corrected chi connectivity index (χ2v) is 6.56. The van der Waals surface area contributed by atoms with Crippen molar-refractivity contribution in [3.8, 4) is 0 Å². The van der Waals surface area contributed by atoms with E-state index in [-0.39, 0.29) is 0 Å². The Labute approximate surface area is 136 Å². The molecule has 0 radical (unpaired) electrons. The average Bonchev–Trinajstić information content (AvgIpc) is 2.47. The molecule has 0 aliphatic heterocycles. The van der Waals surface area contributed by atoms with Crippen LogP contribution in [-0.4, -0.2) is 14.1 Å². The van der Waals surface area contributed by atoms with Gasteiger partial charge in [0.15, 0.2) is 0 Å². The molecule has 2 unspecified atom stereocenters. The number of hydrogen-bond acceptors (Lipinski definition) is 2. The number of hydrogen-bond donors (Lipinski definition) is 1. The van der Waals surface area contributed by atoms with E-state index >= 15 is 0 Å². The van der Waals surface area contributed by atoms with E-state index in [1.165, 1.54) is 16.8 Å². The molecule has 2 atom stereocenters. The first-order chi connectivity index (χ1) is 9.97. The Hall–Kier alpha value is -1.32. The van der Waals surface area contributed by atoms with Gasteiger partial charge in [0.05, 0.1) is 0 Å². The summed E-state index contributed by atoms with van der Waals surface area (Å²) in [5.41, 5.74) is 3.84. The molecule has 2 rings (SSSR count). The lowest BCUT2D eigenvalue weighted by Crippen LogP contribution is -2.22. The lowest BCUT2D eigenvalue weighted by molar-refractivity contribution is 0.494. The van der Waals surface area contributed by atoms with E-state index in [2.05, 4.69) is 103 Å². The number of rotatable bonds is 5. The van der Waals surface area contributed by atoms with Crippen LogP contribution in [-0.2, 0) is 0 Å². The van der Waals surface area contributed by atoms with Crippen molar-refractivity contribution in [2.24, 2.45) is 0 Å². The van der Waals surface area contributed by atoms with Crippen molar-refractivity contribution in [3.05, 3.63) is 64.1 Å². The predicted molar refractivity (Wildman–Crippen MR) is 94.9 cm³/mol. The van der Waals surface area contributed by atoms with Crippen molar-refractivity contribution < 1.29 is 0 Å². The highest BCUT2D eigenvalue weighted by Crippen LogP contribution is 2.22. The van der Waals surface area contributed by atoms with Gasteiger partial charge in [-0.2, -0.15) is 0 Å². The van der Waals surface area contributed by atoms with Crippen molar-refractivity contribution in [3.63, 3.8) is 0 Å². The highest BCUT2D eigenvalue weighted by atomic mass is 79.9. The van der Waals surface area contributed by atoms with Crippen LogP contribution in [0.25, 0.3) is 0 Å². The van der Waals surface area contributed by atoms with E-state index in [1.54, 1.807) is 0 Å². The summed E-state index contributed by atoms with van der Waals surface area (Å²) in [6, 6.07) is 17.8. The number of nitrogens with one attached hydrogen (secondary N) is 1. The Morgan fingerprint density at radius 2 is 1.24 bits per heavy atom. The van der Waals surface area contributed by atoms with Crippen LogP contribution in [0.1, 0.15) is 37.1 Å². The second-order valence-electron chi connectivity index (χ2n) is 5.65. The van der Waals surface area contributed by atoms with Gasteiger partial charge in [0.1, 0.15) is 0 Å². The van der Waals surface area contributed by atoms with Crippen molar-refractivity contribution in [2.45, 2.75) is 25.9 Å². The molecule has 0 fully saturated rings. The topological polar surface area (TPSA) is 15.3 Å². The van der Waals surface area contributed by atoms with E-state index in [0.29, 0.717) is 12.1 Å². The zero-order valence-corrected chi connectivity index (χ0v) is 14.7. The summed E-state index contributed by atoms with van der Waals surface area (Å²) >= 11 is 3.48. The lowest BCUT2D eigenvalue weighted by Gasteiger charge is -2.21. The van der Waals surface area contributed by atoms with Gasteiger partial charge in [0.2, 0.25) is 0 Å². The normalized spacial score (nSPS) is 13.8. The highest BCUT2D eigenvalue weighted by molar-refractivity contribution is 9.10. The van der Waals surface area contributed by atoms with E-state index in [4.69, 9.17) is 0 Å². The molecule has 2 aromatic carbocycles. The average molecular weight is 347 g/mol. The standard InChI is InChI=1S/C18H23BrN2/c1-13(15-5-9-17(19)10-6-15)20-14(2)16-7-11-18(12-8-16)21(3)4/h5-14,20H,1-4H3. The molecule has 112 valence electrons. The van der Waals surface area contributed by atoms with Crippen LogP contribution in [0.2, 0.25) is 0 Å². The van der Waals surface area contributed by atoms with Gasteiger partial charge < -0.3 is 10.2 Å². The SMILES string of the molecule is CC(NC(C)c1ccc(N(C)C)cc1)c1ccc(Br)cc1. The van der Waals surface area contributed by atoms with Crippen LogP contribution in [0, 0.1) is 0 Å². The molecule has 0 aliphatic rings. The third-order valence-corrected chi connectivity index (χ3v) is 4.31. The molecular formula is C18H23BrN2. The Morgan fingerprint density at radius 3 is 1.67 bits per heavy atom. The summed E-state index contributed by atoms with van der Waals surface area (Å²) in [4.78, 5) is 2.12. The third kappa shape index (κ3) is 4.32. The van der Waals surface area contributed by atoms with Gasteiger partial charge in [-0.25, -0.2) is 0 Å². The summed E-state index contributed by atoms with van der Waals surface area (Å²) in [5, 5.41) is 3.65. The molecule has 0 spiro atoms. The molecule has 2 nitrogen and oxygen atoms in total. The summed E-state index contributed by atoms with van der Waals surface area (Å²) in [7, 11) is 4.12. The lowest BCUT2D eigenvalue weighted by atomic mass is 10.0. The van der Waals surface area contributed by atoms with Gasteiger partial charge in [-0.15, -0.1) is 0 Å². The minimum Gasteiger partial charge on any atom is -0.378 e. The van der Waals surface area contributed by atoms with Crippen LogP contribution in [0.15, 0.2) is 53.0 Å². The molecule has 0 heterocycles. The molecule has 0 aliphatic carbocycles. The molecule has 0 saturated carbocycles. The van der Waals surface area contributed by atoms with Gasteiger partial charge in [0, 0.05) is 36.3 Å². The molecule has 0 saturated heterocycles. The predicted octanol–water partition coefficient (Wildman–Crippen LogP) is 4.93. The second kappa shape index (κ2) is 7.10. The fourth-order valence-corrected chi connectivity index (χ4v) is 2.64. The maximum absolute atomic E-state index is 3.65. The van der Waals surface area contributed by atoms with Crippen LogP contribution in [0.4, 0.5) is 5.69 Å². The highest BCUT2D eigenvalue weighted by Gasteiger charge is 2.11. The maximum atomic E-state index is 3.65. The number of nitrogens with zero attached hydrogens (tertiary/aromatic N) is 1. The first kappa shape index (κ1) is 16.1. The molecule has 0 amide bonds. The first-order valence-corrected chi connectivity index (χ1v) is 8.05. The van der Waals surface area contributed by atoms with Crippen LogP contribution >= 0.6 is 15.9 Å². The fraction of sp³-hybridized carbons (Fsp3) is 0.333. The minimum atomic E-state index is 0.319. The van der Waals surface area contributed by atoms with Crippen LogP contribution in [0.3, 0.4) is 0 Å². The van der Waals surface area contributed by atoms with E-state index in [0.717, 1.165) is 4.47 Å². The molecule has 3 heteroatoms. The van der Waals surface area contributed by atoms with Crippen molar-refractivity contribution >= 4 is 21.6 Å². The molecule has 0 bridgehead atoms. The van der Waals surface area contributed by atoms with E-state index < -0.39 is 0 Å². The molecule has 1 N–H and O–H groups in total. The van der Waals surface area contributed by atoms with Crippen LogP contribution in [0.5, 0.6) is 0 Å². The quantitative estimate of drug-likeness (QED) is 0.825. The number of halogens is 1. The molecule has 0 aromatic heterocycles. The third-order valence-electron chi connectivity index (χ3n) is 3.78. The molecule has 2 aromatic rings. The van der Waals surface area contributed by atoms with E-state index in [9.17, 15) is 0 Å². The number of anilines is 1. The minimum absolute atomic E-state index is 0.319. The summed E-state index contributed by atoms with van der Waals surface area (Å²) in [6.07, 6.45) is 0. The Balaban J connectivity index is 2.03. The smallest absolute Gasteiger partial charge is 0.0361 e. The summed E-state index contributed by atoms with van der Waals surface area (Å²) in [5.74, 6) is 0. The van der Waals surface area contributed by atoms with E-state index in [1.807, 2.05) is 0 Å². The summed E-state index contributed by atoms with van der Waals surface area (Å²) < 4.78 is 1.12. The van der Waals surface area contributed by atoms with Crippen molar-refractivity contribution in [1.82, 2.24) is 5.32 Å². The molecule has 21 heavy (non-hydrogen) atoms. The Kier molecular flexibility index (Phi) is 5.43. The van der Waals surface area contributed by atoms with Gasteiger partial charge in [-0.3, -0.25) is 0 Å². The zero-order valence-electron chi connectivity index (χ0n) is 13.1. The van der Waals surface area contributed by atoms with Gasteiger partial charge in [0.25, 0.3) is 0 Å². The Morgan fingerprint density at radius 1 is 0.810 bits per heavy atom. The largest absolute Gasteiger partial charge is 0.378 e. The monoisotopic (exact) mass is 346 g/mol. The van der Waals surface area contributed by atoms with Crippen LogP contribution < -0.4 is 10.2 Å². The summed E-state index contributed by atoms with van der Waals surface area (Å²) in [6.45, 7) is 4.41. The maximum Gasteiger partial charge on any atom is 0.0361 e. The first-order valence-electron chi connectivity index (χ1n) is 7.26. The number of benzene rings is 2. The zero-order chi connectivity index (χ0) is 15.4. The van der Waals surface area contributed by atoms with Gasteiger partial charge in [-0.05, 0) is 49.2 Å². The van der Waals surface area contributed by atoms with Crippen molar-refractivity contribution in [1.29, 1.82) is 0 Å². The van der Waals surface area contributed by atoms with Crippen molar-refractivity contribution in [2.75, 3.05) is 19.0 Å². The Bertz CT molecular complexity index is 561. The molecular weight excluding hydrogens is 324 g/mol. The fourth-order valence-electron chi connectivity index (χ4n) is 2.38.